The van der Waals surface area contributed by atoms with Gasteiger partial charge in [-0.3, -0.25) is 4.79 Å². The van der Waals surface area contributed by atoms with Gasteiger partial charge in [-0.25, -0.2) is 5.43 Å². The highest BCUT2D eigenvalue weighted by molar-refractivity contribution is 5.96. The number of carbonyl (C=O) groups excluding carboxylic acids is 1. The number of benzene rings is 2. The quantitative estimate of drug-likeness (QED) is 0.566. The zero-order chi connectivity index (χ0) is 17.8. The number of hydrogen-bond acceptors (Lipinski definition) is 3. The van der Waals surface area contributed by atoms with Crippen LogP contribution < -0.4 is 5.43 Å². The minimum absolute atomic E-state index is 0.189. The summed E-state index contributed by atoms with van der Waals surface area (Å²) < 4.78 is 2.04. The molecule has 0 saturated heterocycles. The topological polar surface area (TPSA) is 66.6 Å². The van der Waals surface area contributed by atoms with E-state index in [0.717, 1.165) is 22.6 Å². The Bertz CT molecular complexity index is 910. The van der Waals surface area contributed by atoms with E-state index in [1.165, 1.54) is 6.21 Å². The molecule has 0 aliphatic rings. The van der Waals surface area contributed by atoms with E-state index in [0.29, 0.717) is 5.56 Å². The van der Waals surface area contributed by atoms with Gasteiger partial charge in [0, 0.05) is 17.1 Å². The Morgan fingerprint density at radius 1 is 1.08 bits per heavy atom. The van der Waals surface area contributed by atoms with Gasteiger partial charge in [-0.05, 0) is 61.9 Å². The lowest BCUT2D eigenvalue weighted by atomic mass is 10.2. The molecule has 0 fully saturated rings. The summed E-state index contributed by atoms with van der Waals surface area (Å²) in [6, 6.07) is 18.3. The van der Waals surface area contributed by atoms with Gasteiger partial charge in [0.1, 0.15) is 5.75 Å². The van der Waals surface area contributed by atoms with Crippen molar-refractivity contribution >= 4 is 12.1 Å². The van der Waals surface area contributed by atoms with Crippen LogP contribution in [-0.2, 0) is 0 Å². The van der Waals surface area contributed by atoms with Gasteiger partial charge in [-0.15, -0.1) is 0 Å². The minimum Gasteiger partial charge on any atom is -0.508 e. The number of rotatable bonds is 4. The van der Waals surface area contributed by atoms with Gasteiger partial charge in [0.2, 0.25) is 0 Å². The number of hydrogen-bond donors (Lipinski definition) is 2. The molecule has 5 heteroatoms. The Morgan fingerprint density at radius 3 is 2.44 bits per heavy atom. The zero-order valence-electron chi connectivity index (χ0n) is 14.1. The fraction of sp³-hybridized carbons (Fsp3) is 0.100. The van der Waals surface area contributed by atoms with E-state index in [1.807, 2.05) is 54.8 Å². The molecule has 0 bridgehead atoms. The van der Waals surface area contributed by atoms with E-state index in [1.54, 1.807) is 24.3 Å². The van der Waals surface area contributed by atoms with Gasteiger partial charge in [0.15, 0.2) is 0 Å². The molecule has 5 nitrogen and oxygen atoms in total. The highest BCUT2D eigenvalue weighted by atomic mass is 16.3. The fourth-order valence-corrected chi connectivity index (χ4v) is 2.75. The van der Waals surface area contributed by atoms with Gasteiger partial charge < -0.3 is 9.67 Å². The van der Waals surface area contributed by atoms with Crippen molar-refractivity contribution in [2.45, 2.75) is 13.8 Å². The summed E-state index contributed by atoms with van der Waals surface area (Å²) in [4.78, 5) is 12.4. The van der Waals surface area contributed by atoms with Crippen LogP contribution in [0.2, 0.25) is 0 Å². The van der Waals surface area contributed by atoms with Crippen LogP contribution in [-0.4, -0.2) is 21.8 Å². The first-order valence-electron chi connectivity index (χ1n) is 7.93. The van der Waals surface area contributed by atoms with E-state index in [9.17, 15) is 9.90 Å². The smallest absolute Gasteiger partial charge is 0.273 e. The van der Waals surface area contributed by atoms with Crippen LogP contribution in [0, 0.1) is 13.8 Å². The van der Waals surface area contributed by atoms with Crippen molar-refractivity contribution in [1.29, 1.82) is 0 Å². The third-order valence-electron chi connectivity index (χ3n) is 3.96. The highest BCUT2D eigenvalue weighted by Crippen LogP contribution is 2.20. The molecule has 1 heterocycles. The number of aromatic nitrogens is 1. The second-order valence-corrected chi connectivity index (χ2v) is 5.75. The van der Waals surface area contributed by atoms with E-state index >= 15 is 0 Å². The molecule has 1 amide bonds. The Hall–Kier alpha value is -3.34. The standard InChI is InChI=1S/C20H19N3O2/c1-14-12-19(15(2)23(14)17-6-4-3-5-7-17)20(25)22-21-13-16-8-10-18(24)11-9-16/h3-13,24H,1-2H3,(H,22,25)/b21-13+. The number of phenols is 1. The third kappa shape index (κ3) is 3.61. The van der Waals surface area contributed by atoms with Crippen molar-refractivity contribution in [3.05, 3.63) is 83.2 Å². The lowest BCUT2D eigenvalue weighted by Crippen LogP contribution is -2.18. The largest absolute Gasteiger partial charge is 0.508 e. The summed E-state index contributed by atoms with van der Waals surface area (Å²) in [5.41, 5.74) is 6.78. The number of aromatic hydroxyl groups is 1. The number of amides is 1. The molecule has 0 saturated carbocycles. The highest BCUT2D eigenvalue weighted by Gasteiger charge is 2.16. The summed E-state index contributed by atoms with van der Waals surface area (Å²) in [5.74, 6) is -0.0696. The van der Waals surface area contributed by atoms with Gasteiger partial charge in [0.05, 0.1) is 11.8 Å². The molecule has 2 aromatic carbocycles. The number of hydrazone groups is 1. The molecular formula is C20H19N3O2. The number of nitrogens with one attached hydrogen (secondary N) is 1. The second-order valence-electron chi connectivity index (χ2n) is 5.75. The van der Waals surface area contributed by atoms with Crippen LogP contribution >= 0.6 is 0 Å². The first-order chi connectivity index (χ1) is 12.1. The molecule has 2 N–H and O–H groups in total. The van der Waals surface area contributed by atoms with Gasteiger partial charge >= 0.3 is 0 Å². The predicted molar refractivity (Wildman–Crippen MR) is 98.4 cm³/mol. The van der Waals surface area contributed by atoms with Gasteiger partial charge in [-0.1, -0.05) is 18.2 Å². The lowest BCUT2D eigenvalue weighted by Gasteiger charge is -2.09. The average Bonchev–Trinajstić information content (AvgIpc) is 2.92. The Labute approximate surface area is 146 Å². The van der Waals surface area contributed by atoms with Crippen molar-refractivity contribution < 1.29 is 9.90 Å². The van der Waals surface area contributed by atoms with E-state index in [-0.39, 0.29) is 11.7 Å². The third-order valence-corrected chi connectivity index (χ3v) is 3.96. The molecule has 3 aromatic rings. The predicted octanol–water partition coefficient (Wildman–Crippen LogP) is 3.56. The lowest BCUT2D eigenvalue weighted by molar-refractivity contribution is 0.0954. The number of phenolic OH excluding ortho intramolecular Hbond substituents is 1. The Morgan fingerprint density at radius 2 is 1.76 bits per heavy atom. The Balaban J connectivity index is 1.78. The van der Waals surface area contributed by atoms with Crippen LogP contribution in [0.4, 0.5) is 0 Å². The monoisotopic (exact) mass is 333 g/mol. The Kier molecular flexibility index (Phi) is 4.66. The minimum atomic E-state index is -0.259. The molecule has 0 unspecified atom stereocenters. The SMILES string of the molecule is Cc1cc(C(=O)N/N=C/c2ccc(O)cc2)c(C)n1-c1ccccc1. The molecule has 0 atom stereocenters. The number of nitrogens with zero attached hydrogens (tertiary/aromatic N) is 2. The van der Waals surface area contributed by atoms with Crippen molar-refractivity contribution in [2.75, 3.05) is 0 Å². The first-order valence-corrected chi connectivity index (χ1v) is 7.93. The van der Waals surface area contributed by atoms with Crippen molar-refractivity contribution in [2.24, 2.45) is 5.10 Å². The summed E-state index contributed by atoms with van der Waals surface area (Å²) in [7, 11) is 0. The number of carbonyl (C=O) groups is 1. The molecule has 0 aliphatic heterocycles. The first kappa shape index (κ1) is 16.5. The normalized spacial score (nSPS) is 11.0. The maximum Gasteiger partial charge on any atom is 0.273 e. The van der Waals surface area contributed by atoms with E-state index in [2.05, 4.69) is 10.5 Å². The summed E-state index contributed by atoms with van der Waals surface area (Å²) in [6.07, 6.45) is 1.54. The van der Waals surface area contributed by atoms with E-state index < -0.39 is 0 Å². The molecular weight excluding hydrogens is 314 g/mol. The van der Waals surface area contributed by atoms with E-state index in [4.69, 9.17) is 0 Å². The van der Waals surface area contributed by atoms with Gasteiger partial charge in [0.25, 0.3) is 5.91 Å². The fourth-order valence-electron chi connectivity index (χ4n) is 2.75. The van der Waals surface area contributed by atoms with Crippen LogP contribution in [0.15, 0.2) is 65.8 Å². The van der Waals surface area contributed by atoms with Crippen molar-refractivity contribution in [3.63, 3.8) is 0 Å². The molecule has 0 aliphatic carbocycles. The summed E-state index contributed by atoms with van der Waals surface area (Å²) >= 11 is 0. The number of para-hydroxylation sites is 1. The maximum atomic E-state index is 12.4. The van der Waals surface area contributed by atoms with Crippen LogP contribution in [0.25, 0.3) is 5.69 Å². The molecule has 3 rings (SSSR count). The molecule has 25 heavy (non-hydrogen) atoms. The van der Waals surface area contributed by atoms with Crippen molar-refractivity contribution in [1.82, 2.24) is 9.99 Å². The average molecular weight is 333 g/mol. The van der Waals surface area contributed by atoms with Gasteiger partial charge in [-0.2, -0.15) is 5.10 Å². The molecule has 0 spiro atoms. The second kappa shape index (κ2) is 7.05. The van der Waals surface area contributed by atoms with Crippen LogP contribution in [0.1, 0.15) is 27.3 Å². The molecule has 1 aromatic heterocycles. The number of aryl methyl sites for hydroxylation is 1. The molecule has 0 radical (unpaired) electrons. The van der Waals surface area contributed by atoms with Crippen LogP contribution in [0.3, 0.4) is 0 Å². The van der Waals surface area contributed by atoms with Crippen molar-refractivity contribution in [3.8, 4) is 11.4 Å². The molecule has 126 valence electrons. The summed E-state index contributed by atoms with van der Waals surface area (Å²) in [5, 5.41) is 13.2. The summed E-state index contributed by atoms with van der Waals surface area (Å²) in [6.45, 7) is 3.88. The van der Waals surface area contributed by atoms with Crippen LogP contribution in [0.5, 0.6) is 5.75 Å². The zero-order valence-corrected chi connectivity index (χ0v) is 14.1. The maximum absolute atomic E-state index is 12.4.